The molecule has 0 unspecified atom stereocenters. The molecule has 1 atom stereocenters. The number of amides is 2. The second-order valence-electron chi connectivity index (χ2n) is 6.24. The number of hydrogen-bond acceptors (Lipinski definition) is 2. The molecule has 0 aliphatic carbocycles. The van der Waals surface area contributed by atoms with Gasteiger partial charge in [-0.05, 0) is 36.1 Å². The average Bonchev–Trinajstić information content (AvgIpc) is 3.11. The summed E-state index contributed by atoms with van der Waals surface area (Å²) in [5.41, 5.74) is 2.03. The van der Waals surface area contributed by atoms with E-state index in [-0.39, 0.29) is 30.8 Å². The van der Waals surface area contributed by atoms with Crippen LogP contribution in [0, 0.1) is 0 Å². The van der Waals surface area contributed by atoms with Crippen molar-refractivity contribution in [3.05, 3.63) is 70.7 Å². The summed E-state index contributed by atoms with van der Waals surface area (Å²) in [5.74, 6) is -0.180. The van der Waals surface area contributed by atoms with E-state index in [9.17, 15) is 9.59 Å². The molecule has 0 spiro atoms. The summed E-state index contributed by atoms with van der Waals surface area (Å²) in [7, 11) is 0. The quantitative estimate of drug-likeness (QED) is 0.893. The number of benzene rings is 2. The number of nitrogens with zero attached hydrogens (tertiary/aromatic N) is 1. The third-order valence-electron chi connectivity index (χ3n) is 4.47. The first-order valence-electron chi connectivity index (χ1n) is 8.49. The van der Waals surface area contributed by atoms with Gasteiger partial charge in [-0.25, -0.2) is 0 Å². The van der Waals surface area contributed by atoms with Gasteiger partial charge in [0.15, 0.2) is 0 Å². The maximum absolute atomic E-state index is 12.5. The van der Waals surface area contributed by atoms with Crippen LogP contribution in [0.15, 0.2) is 54.6 Å². The molecule has 2 aromatic rings. The maximum atomic E-state index is 12.5. The Morgan fingerprint density at radius 3 is 2.52 bits per heavy atom. The summed E-state index contributed by atoms with van der Waals surface area (Å²) >= 11 is 5.94. The third kappa shape index (κ3) is 4.60. The summed E-state index contributed by atoms with van der Waals surface area (Å²) in [6.07, 6.45) is 2.19. The van der Waals surface area contributed by atoms with Crippen molar-refractivity contribution in [2.45, 2.75) is 25.3 Å². The van der Waals surface area contributed by atoms with Crippen LogP contribution in [0.2, 0.25) is 5.02 Å². The van der Waals surface area contributed by atoms with Crippen LogP contribution >= 0.6 is 11.6 Å². The fourth-order valence-electron chi connectivity index (χ4n) is 3.22. The van der Waals surface area contributed by atoms with Gasteiger partial charge < -0.3 is 10.2 Å². The molecular formula is C20H21ClN2O2. The minimum Gasteiger partial charge on any atom is -0.347 e. The van der Waals surface area contributed by atoms with Gasteiger partial charge >= 0.3 is 0 Å². The molecule has 1 saturated heterocycles. The van der Waals surface area contributed by atoms with Crippen LogP contribution in [0.5, 0.6) is 0 Å². The standard InChI is InChI=1S/C20H21ClN2O2/c21-17-10-8-16(9-11-17)18-7-4-12-23(18)20(25)14-22-19(24)13-15-5-2-1-3-6-15/h1-3,5-6,8-11,18H,4,7,12-14H2,(H,22,24)/t18-/m0/s1. The zero-order valence-electron chi connectivity index (χ0n) is 14.0. The SMILES string of the molecule is O=C(Cc1ccccc1)NCC(=O)N1CCC[C@H]1c1ccc(Cl)cc1. The van der Waals surface area contributed by atoms with Crippen molar-refractivity contribution in [1.82, 2.24) is 10.2 Å². The topological polar surface area (TPSA) is 49.4 Å². The Bertz CT molecular complexity index is 731. The van der Waals surface area contributed by atoms with Crippen LogP contribution in [0.1, 0.15) is 30.0 Å². The lowest BCUT2D eigenvalue weighted by atomic mass is 10.0. The maximum Gasteiger partial charge on any atom is 0.242 e. The molecule has 4 nitrogen and oxygen atoms in total. The van der Waals surface area contributed by atoms with E-state index in [0.717, 1.165) is 30.5 Å². The Kier molecular flexibility index (Phi) is 5.71. The Balaban J connectivity index is 1.55. The molecule has 3 rings (SSSR count). The van der Waals surface area contributed by atoms with E-state index < -0.39 is 0 Å². The van der Waals surface area contributed by atoms with Gasteiger partial charge in [-0.15, -0.1) is 0 Å². The van der Waals surface area contributed by atoms with Gasteiger partial charge in [-0.2, -0.15) is 0 Å². The Morgan fingerprint density at radius 1 is 1.08 bits per heavy atom. The first-order chi connectivity index (χ1) is 12.1. The Morgan fingerprint density at radius 2 is 1.80 bits per heavy atom. The van der Waals surface area contributed by atoms with Crippen LogP contribution in [-0.2, 0) is 16.0 Å². The van der Waals surface area contributed by atoms with Crippen LogP contribution in [0.4, 0.5) is 0 Å². The van der Waals surface area contributed by atoms with Gasteiger partial charge in [0, 0.05) is 11.6 Å². The summed E-state index contributed by atoms with van der Waals surface area (Å²) in [4.78, 5) is 26.4. The highest BCUT2D eigenvalue weighted by Crippen LogP contribution is 2.32. The van der Waals surface area contributed by atoms with E-state index >= 15 is 0 Å². The minimum atomic E-state index is -0.137. The van der Waals surface area contributed by atoms with E-state index in [1.165, 1.54) is 0 Å². The normalized spacial score (nSPS) is 16.7. The first kappa shape index (κ1) is 17.5. The zero-order chi connectivity index (χ0) is 17.6. The molecule has 1 aliphatic heterocycles. The molecule has 5 heteroatoms. The van der Waals surface area contributed by atoms with Crippen molar-refractivity contribution in [3.63, 3.8) is 0 Å². The van der Waals surface area contributed by atoms with E-state index in [4.69, 9.17) is 11.6 Å². The van der Waals surface area contributed by atoms with Gasteiger partial charge in [-0.3, -0.25) is 9.59 Å². The molecule has 1 heterocycles. The van der Waals surface area contributed by atoms with Crippen LogP contribution in [0.25, 0.3) is 0 Å². The predicted molar refractivity (Wildman–Crippen MR) is 98.3 cm³/mol. The summed E-state index contributed by atoms with van der Waals surface area (Å²) < 4.78 is 0. The molecule has 0 saturated carbocycles. The average molecular weight is 357 g/mol. The fraction of sp³-hybridized carbons (Fsp3) is 0.300. The van der Waals surface area contributed by atoms with Gasteiger partial charge in [0.25, 0.3) is 0 Å². The van der Waals surface area contributed by atoms with Crippen LogP contribution in [0.3, 0.4) is 0 Å². The smallest absolute Gasteiger partial charge is 0.242 e. The number of likely N-dealkylation sites (tertiary alicyclic amines) is 1. The number of halogens is 1. The summed E-state index contributed by atoms with van der Waals surface area (Å²) in [5, 5.41) is 3.43. The molecule has 1 fully saturated rings. The first-order valence-corrected chi connectivity index (χ1v) is 8.87. The molecule has 0 radical (unpaired) electrons. The molecule has 2 amide bonds. The van der Waals surface area contributed by atoms with Crippen molar-refractivity contribution in [2.75, 3.05) is 13.1 Å². The second-order valence-corrected chi connectivity index (χ2v) is 6.67. The molecule has 2 aromatic carbocycles. The highest BCUT2D eigenvalue weighted by Gasteiger charge is 2.29. The molecule has 1 aliphatic rings. The molecule has 1 N–H and O–H groups in total. The van der Waals surface area contributed by atoms with Gasteiger partial charge in [0.1, 0.15) is 0 Å². The molecular weight excluding hydrogens is 336 g/mol. The van der Waals surface area contributed by atoms with Gasteiger partial charge in [0.2, 0.25) is 11.8 Å². The van der Waals surface area contributed by atoms with E-state index in [0.29, 0.717) is 5.02 Å². The minimum absolute atomic E-state index is 0.0375. The summed E-state index contributed by atoms with van der Waals surface area (Å²) in [6, 6.07) is 17.2. The van der Waals surface area contributed by atoms with E-state index in [2.05, 4.69) is 5.32 Å². The second kappa shape index (κ2) is 8.17. The van der Waals surface area contributed by atoms with Crippen molar-refractivity contribution in [2.24, 2.45) is 0 Å². The largest absolute Gasteiger partial charge is 0.347 e. The monoisotopic (exact) mass is 356 g/mol. The number of carbonyl (C=O) groups excluding carboxylic acids is 2. The van der Waals surface area contributed by atoms with E-state index in [1.807, 2.05) is 59.5 Å². The van der Waals surface area contributed by atoms with Crippen molar-refractivity contribution in [1.29, 1.82) is 0 Å². The number of nitrogens with one attached hydrogen (secondary N) is 1. The number of carbonyl (C=O) groups is 2. The summed E-state index contributed by atoms with van der Waals surface area (Å²) in [6.45, 7) is 0.760. The number of hydrogen-bond donors (Lipinski definition) is 1. The lowest BCUT2D eigenvalue weighted by Gasteiger charge is -2.25. The van der Waals surface area contributed by atoms with Gasteiger partial charge in [-0.1, -0.05) is 54.1 Å². The Hall–Kier alpha value is -2.33. The van der Waals surface area contributed by atoms with Crippen LogP contribution < -0.4 is 5.32 Å². The zero-order valence-corrected chi connectivity index (χ0v) is 14.7. The molecule has 0 aromatic heterocycles. The lowest BCUT2D eigenvalue weighted by Crippen LogP contribution is -2.40. The number of rotatable bonds is 5. The highest BCUT2D eigenvalue weighted by atomic mass is 35.5. The fourth-order valence-corrected chi connectivity index (χ4v) is 3.34. The third-order valence-corrected chi connectivity index (χ3v) is 4.72. The van der Waals surface area contributed by atoms with Crippen molar-refractivity contribution >= 4 is 23.4 Å². The van der Waals surface area contributed by atoms with Gasteiger partial charge in [0.05, 0.1) is 19.0 Å². The van der Waals surface area contributed by atoms with Crippen molar-refractivity contribution in [3.8, 4) is 0 Å². The Labute approximate surface area is 152 Å². The molecule has 25 heavy (non-hydrogen) atoms. The van der Waals surface area contributed by atoms with Crippen LogP contribution in [-0.4, -0.2) is 29.8 Å². The highest BCUT2D eigenvalue weighted by molar-refractivity contribution is 6.30. The molecule has 0 bridgehead atoms. The van der Waals surface area contributed by atoms with Crippen molar-refractivity contribution < 1.29 is 9.59 Å². The lowest BCUT2D eigenvalue weighted by molar-refractivity contribution is -0.133. The van der Waals surface area contributed by atoms with E-state index in [1.54, 1.807) is 0 Å². The predicted octanol–water partition coefficient (Wildman–Crippen LogP) is 3.36. The molecule has 130 valence electrons.